The van der Waals surface area contributed by atoms with Gasteiger partial charge in [0, 0.05) is 29.3 Å². The van der Waals surface area contributed by atoms with E-state index in [9.17, 15) is 0 Å². The van der Waals surface area contributed by atoms with Crippen molar-refractivity contribution in [2.75, 3.05) is 4.90 Å². The molecule has 0 N–H and O–H groups in total. The Bertz CT molecular complexity index is 1450. The van der Waals surface area contributed by atoms with Gasteiger partial charge in [-0.25, -0.2) is 14.0 Å². The lowest BCUT2D eigenvalue weighted by molar-refractivity contribution is -0.758. The zero-order valence-corrected chi connectivity index (χ0v) is 22.9. The van der Waals surface area contributed by atoms with Crippen molar-refractivity contribution < 1.29 is 9.13 Å². The molecule has 3 unspecified atom stereocenters. The van der Waals surface area contributed by atoms with Crippen LogP contribution in [0.25, 0.3) is 5.57 Å². The number of benzene rings is 1. The molecule has 2 aromatic heterocycles. The number of allylic oxidation sites excluding steroid dienone is 5. The molecule has 0 amide bonds. The normalized spacial score (nSPS) is 26.8. The van der Waals surface area contributed by atoms with Gasteiger partial charge in [-0.15, -0.1) is 0 Å². The van der Waals surface area contributed by atoms with Crippen molar-refractivity contribution in [3.8, 4) is 0 Å². The monoisotopic (exact) mass is 487 g/mol. The molecule has 1 aromatic carbocycles. The van der Waals surface area contributed by atoms with Gasteiger partial charge in [0.1, 0.15) is 24.3 Å². The Kier molecular flexibility index (Phi) is 5.74. The van der Waals surface area contributed by atoms with E-state index in [1.807, 2.05) is 0 Å². The minimum atomic E-state index is -0.279. The number of hydrogen-bond donors (Lipinski definition) is 0. The van der Waals surface area contributed by atoms with Crippen LogP contribution in [0.4, 0.5) is 11.5 Å². The summed E-state index contributed by atoms with van der Waals surface area (Å²) in [5.41, 5.74) is 6.58. The van der Waals surface area contributed by atoms with E-state index < -0.39 is 0 Å². The molecule has 0 saturated carbocycles. The number of nitrogens with zero attached hydrogens (tertiary/aromatic N) is 3. The van der Waals surface area contributed by atoms with Crippen LogP contribution in [0, 0.1) is 5.41 Å². The summed E-state index contributed by atoms with van der Waals surface area (Å²) in [6, 6.07) is 22.7. The number of para-hydroxylation sites is 1. The van der Waals surface area contributed by atoms with Crippen molar-refractivity contribution in [1.82, 2.24) is 0 Å². The molecule has 3 atom stereocenters. The summed E-state index contributed by atoms with van der Waals surface area (Å²) >= 11 is 0. The van der Waals surface area contributed by atoms with Crippen LogP contribution in [0.5, 0.6) is 0 Å². The van der Waals surface area contributed by atoms with E-state index in [4.69, 9.17) is 0 Å². The third kappa shape index (κ3) is 3.34. The molecule has 3 aromatic rings. The predicted octanol–water partition coefficient (Wildman–Crippen LogP) is 5.77. The Morgan fingerprint density at radius 1 is 1.00 bits per heavy atom. The average Bonchev–Trinajstić information content (AvgIpc) is 2.92. The van der Waals surface area contributed by atoms with Gasteiger partial charge in [0.25, 0.3) is 5.82 Å². The largest absolute Gasteiger partial charge is 0.282 e. The summed E-state index contributed by atoms with van der Waals surface area (Å²) in [7, 11) is 2.18. The molecular formula is C33H38BN3+2. The Hall–Kier alpha value is -3.40. The molecule has 4 heterocycles. The van der Waals surface area contributed by atoms with E-state index in [1.165, 1.54) is 33.8 Å². The fraction of sp³-hybridized carbons (Fsp3) is 0.333. The molecule has 186 valence electrons. The van der Waals surface area contributed by atoms with Crippen LogP contribution in [0.1, 0.15) is 39.3 Å². The number of aryl methyl sites for hydroxylation is 1. The van der Waals surface area contributed by atoms with E-state index in [1.54, 1.807) is 0 Å². The molecule has 37 heavy (non-hydrogen) atoms. The Morgan fingerprint density at radius 3 is 2.57 bits per heavy atom. The van der Waals surface area contributed by atoms with Crippen molar-refractivity contribution >= 4 is 29.3 Å². The van der Waals surface area contributed by atoms with Crippen LogP contribution in [-0.4, -0.2) is 12.8 Å². The topological polar surface area (TPSA) is 11.0 Å². The van der Waals surface area contributed by atoms with Gasteiger partial charge in [0.2, 0.25) is 5.69 Å². The maximum absolute atomic E-state index is 2.65. The van der Waals surface area contributed by atoms with E-state index in [0.717, 1.165) is 19.2 Å². The lowest BCUT2D eigenvalue weighted by atomic mass is 9.38. The van der Waals surface area contributed by atoms with Crippen LogP contribution >= 0.6 is 0 Å². The van der Waals surface area contributed by atoms with E-state index >= 15 is 0 Å². The van der Waals surface area contributed by atoms with Gasteiger partial charge >= 0.3 is 0 Å². The minimum Gasteiger partial charge on any atom is -0.225 e. The molecule has 3 nitrogen and oxygen atoms in total. The summed E-state index contributed by atoms with van der Waals surface area (Å²) < 4.78 is 4.86. The van der Waals surface area contributed by atoms with Crippen LogP contribution in [-0.2, 0) is 12.6 Å². The van der Waals surface area contributed by atoms with Crippen molar-refractivity contribution in [3.05, 3.63) is 109 Å². The fourth-order valence-corrected chi connectivity index (χ4v) is 7.51. The third-order valence-corrected chi connectivity index (χ3v) is 9.50. The highest BCUT2D eigenvalue weighted by atomic mass is 15.3. The van der Waals surface area contributed by atoms with Crippen LogP contribution in [0.15, 0.2) is 103 Å². The number of anilines is 2. The molecule has 0 radical (unpaired) electrons. The van der Waals surface area contributed by atoms with Crippen molar-refractivity contribution in [3.63, 3.8) is 0 Å². The molecule has 0 bridgehead atoms. The van der Waals surface area contributed by atoms with Gasteiger partial charge in [-0.2, -0.15) is 0 Å². The fourth-order valence-electron chi connectivity index (χ4n) is 7.51. The van der Waals surface area contributed by atoms with Crippen molar-refractivity contribution in [2.45, 2.75) is 58.3 Å². The summed E-state index contributed by atoms with van der Waals surface area (Å²) in [6.45, 7) is 10.1. The molecule has 0 fully saturated rings. The van der Waals surface area contributed by atoms with Crippen molar-refractivity contribution in [1.29, 1.82) is 0 Å². The second kappa shape index (κ2) is 8.87. The van der Waals surface area contributed by atoms with E-state index in [0.29, 0.717) is 12.8 Å². The van der Waals surface area contributed by atoms with Crippen molar-refractivity contribution in [2.24, 2.45) is 12.5 Å². The third-order valence-electron chi connectivity index (χ3n) is 9.50. The second-order valence-corrected chi connectivity index (χ2v) is 11.4. The number of fused-ring (bicyclic) bond motifs is 5. The van der Waals surface area contributed by atoms with Crippen LogP contribution in [0.2, 0.25) is 13.1 Å². The summed E-state index contributed by atoms with van der Waals surface area (Å²) in [6.07, 6.45) is 17.4. The van der Waals surface area contributed by atoms with Gasteiger partial charge in [0.05, 0.1) is 11.6 Å². The first kappa shape index (κ1) is 24.0. The number of hydrogen-bond acceptors (Lipinski definition) is 1. The quantitative estimate of drug-likeness (QED) is 0.260. The maximum Gasteiger partial charge on any atom is 0.282 e. The maximum atomic E-state index is 2.65. The number of aromatic nitrogens is 2. The second-order valence-electron chi connectivity index (χ2n) is 11.4. The Morgan fingerprint density at radius 2 is 1.76 bits per heavy atom. The zero-order valence-electron chi connectivity index (χ0n) is 22.9. The summed E-state index contributed by atoms with van der Waals surface area (Å²) in [5, 5.41) is 0. The highest BCUT2D eigenvalue weighted by Gasteiger charge is 2.64. The zero-order chi connectivity index (χ0) is 25.8. The van der Waals surface area contributed by atoms with Crippen LogP contribution in [0.3, 0.4) is 0 Å². The van der Waals surface area contributed by atoms with Gasteiger partial charge in [-0.3, -0.25) is 0 Å². The van der Waals surface area contributed by atoms with Gasteiger partial charge in [-0.05, 0) is 63.6 Å². The van der Waals surface area contributed by atoms with E-state index in [-0.39, 0.29) is 11.0 Å². The molecule has 0 saturated heterocycles. The summed E-state index contributed by atoms with van der Waals surface area (Å²) in [4.78, 5) is 2.65. The standard InChI is InChI=1S/C33H38BN3/c1-6-21-32(2)30-24-34(4)27-17-9-10-19-29(27)37(30)31-20-12-14-23-36(31)33(32,3)26-16-8-7-15-25(26)28-18-11-13-22-35(28)5/h6,8-14,16-23,30H,7,15,24H2,1-5H3/q+2. The predicted molar refractivity (Wildman–Crippen MR) is 155 cm³/mol. The van der Waals surface area contributed by atoms with Gasteiger partial charge < -0.3 is 0 Å². The molecule has 4 heteroatoms. The van der Waals surface area contributed by atoms with Crippen LogP contribution < -0.4 is 19.5 Å². The number of pyridine rings is 2. The smallest absolute Gasteiger partial charge is 0.225 e. The molecule has 0 spiro atoms. The number of rotatable bonds is 3. The lowest BCUT2D eigenvalue weighted by Gasteiger charge is -2.56. The minimum absolute atomic E-state index is 0.155. The molecular weight excluding hydrogens is 449 g/mol. The lowest BCUT2D eigenvalue weighted by Crippen LogP contribution is -2.75. The highest BCUT2D eigenvalue weighted by molar-refractivity contribution is 6.74. The summed E-state index contributed by atoms with van der Waals surface area (Å²) in [5.74, 6) is 1.28. The highest BCUT2D eigenvalue weighted by Crippen LogP contribution is 2.55. The molecule has 6 rings (SSSR count). The first-order valence-electron chi connectivity index (χ1n) is 13.8. The Balaban J connectivity index is 1.70. The first-order chi connectivity index (χ1) is 17.9. The molecule has 1 aliphatic carbocycles. The average molecular weight is 488 g/mol. The first-order valence-corrected chi connectivity index (χ1v) is 13.8. The molecule has 3 aliphatic rings. The SMILES string of the molecule is CC=CC1(C)C2CB(C)c3ccccc3N2c2cccc[n+]2C1(C)C1=C(c2cccc[n+]2C)CCC=C1. The Labute approximate surface area is 222 Å². The van der Waals surface area contributed by atoms with Gasteiger partial charge in [0.15, 0.2) is 12.9 Å². The van der Waals surface area contributed by atoms with E-state index in [2.05, 4.69) is 146 Å². The molecule has 2 aliphatic heterocycles. The van der Waals surface area contributed by atoms with Gasteiger partial charge in [-0.1, -0.05) is 55.4 Å².